The van der Waals surface area contributed by atoms with Gasteiger partial charge in [-0.3, -0.25) is 4.79 Å². The number of aliphatic carboxylic acids is 1. The number of amides is 2. The molecule has 2 amide bonds. The second-order valence-corrected chi connectivity index (χ2v) is 7.17. The molecule has 0 aromatic heterocycles. The summed E-state index contributed by atoms with van der Waals surface area (Å²) in [5.41, 5.74) is -1.54. The van der Waals surface area contributed by atoms with Gasteiger partial charge in [0.25, 0.3) is 0 Å². The molecule has 1 unspecified atom stereocenters. The van der Waals surface area contributed by atoms with Crippen LogP contribution < -0.4 is 5.32 Å². The monoisotopic (exact) mass is 294 g/mol. The van der Waals surface area contributed by atoms with Crippen molar-refractivity contribution in [1.29, 1.82) is 0 Å². The number of carbonyl (C=O) groups excluding carboxylic acids is 1. The minimum atomic E-state index is -3.06. The molecule has 1 heterocycles. The van der Waals surface area contributed by atoms with Crippen LogP contribution in [0.4, 0.5) is 4.79 Å². The number of carboxylic acid groups (broad SMARTS) is 1. The van der Waals surface area contributed by atoms with Crippen LogP contribution in [0.1, 0.15) is 13.3 Å². The fourth-order valence-corrected chi connectivity index (χ4v) is 2.88. The maximum Gasteiger partial charge on any atom is 0.317 e. The molecule has 1 fully saturated rings. The fraction of sp³-hybridized carbons (Fsp3) is 0.800. The number of sulfone groups is 1. The molecule has 19 heavy (non-hydrogen) atoms. The maximum absolute atomic E-state index is 11.7. The van der Waals surface area contributed by atoms with Crippen LogP contribution in [0.25, 0.3) is 0 Å². The number of rotatable bonds is 4. The molecule has 0 spiro atoms. The predicted molar refractivity (Wildman–Crippen MR) is 66.5 cm³/mol. The summed E-state index contributed by atoms with van der Waals surface area (Å²) in [6.45, 7) is 1.31. The first kappa shape index (κ1) is 15.7. The lowest BCUT2D eigenvalue weighted by molar-refractivity contribution is -0.141. The van der Waals surface area contributed by atoms with Gasteiger partial charge in [-0.05, 0) is 6.92 Å². The third-order valence-electron chi connectivity index (χ3n) is 2.78. The third kappa shape index (κ3) is 5.43. The van der Waals surface area contributed by atoms with E-state index >= 15 is 0 Å². The van der Waals surface area contributed by atoms with Gasteiger partial charge in [0, 0.05) is 19.6 Å². The number of urea groups is 1. The number of hydrogen-bond donors (Lipinski definition) is 3. The molecule has 0 bridgehead atoms. The molecule has 1 rings (SSSR count). The van der Waals surface area contributed by atoms with E-state index in [9.17, 15) is 23.1 Å². The van der Waals surface area contributed by atoms with Gasteiger partial charge in [0.15, 0.2) is 9.84 Å². The molecule has 9 heteroatoms. The van der Waals surface area contributed by atoms with Crippen molar-refractivity contribution in [2.24, 2.45) is 0 Å². The van der Waals surface area contributed by atoms with E-state index in [0.29, 0.717) is 0 Å². The molecular formula is C10H18N2O6S. The molecule has 8 nitrogen and oxygen atoms in total. The van der Waals surface area contributed by atoms with Crippen molar-refractivity contribution >= 4 is 21.8 Å². The highest BCUT2D eigenvalue weighted by molar-refractivity contribution is 7.91. The molecule has 0 aromatic carbocycles. The fourth-order valence-electron chi connectivity index (χ4n) is 1.68. The van der Waals surface area contributed by atoms with Gasteiger partial charge in [-0.15, -0.1) is 0 Å². The van der Waals surface area contributed by atoms with E-state index in [-0.39, 0.29) is 31.1 Å². The lowest BCUT2D eigenvalue weighted by Crippen LogP contribution is -2.51. The number of carbonyl (C=O) groups is 2. The molecule has 0 aromatic rings. The summed E-state index contributed by atoms with van der Waals surface area (Å²) in [5.74, 6) is -1.32. The second-order valence-electron chi connectivity index (χ2n) is 4.87. The summed E-state index contributed by atoms with van der Waals surface area (Å²) in [7, 11) is -3.06. The molecule has 0 saturated carbocycles. The van der Waals surface area contributed by atoms with Crippen molar-refractivity contribution < 1.29 is 28.2 Å². The summed E-state index contributed by atoms with van der Waals surface area (Å²) < 4.78 is 22.4. The van der Waals surface area contributed by atoms with Crippen LogP contribution in [0.2, 0.25) is 0 Å². The molecule has 1 saturated heterocycles. The van der Waals surface area contributed by atoms with Gasteiger partial charge in [-0.1, -0.05) is 0 Å². The summed E-state index contributed by atoms with van der Waals surface area (Å²) >= 11 is 0. The summed E-state index contributed by atoms with van der Waals surface area (Å²) in [5, 5.41) is 20.7. The van der Waals surface area contributed by atoms with Crippen molar-refractivity contribution in [3.63, 3.8) is 0 Å². The van der Waals surface area contributed by atoms with Gasteiger partial charge >= 0.3 is 12.0 Å². The molecule has 1 atom stereocenters. The number of aliphatic hydroxyl groups is 1. The number of hydrogen-bond acceptors (Lipinski definition) is 5. The zero-order chi connectivity index (χ0) is 14.7. The Morgan fingerprint density at radius 3 is 2.32 bits per heavy atom. The minimum Gasteiger partial charge on any atom is -0.481 e. The topological polar surface area (TPSA) is 124 Å². The lowest BCUT2D eigenvalue weighted by Gasteiger charge is -2.29. The van der Waals surface area contributed by atoms with Gasteiger partial charge < -0.3 is 20.4 Å². The molecule has 1 aliphatic rings. The van der Waals surface area contributed by atoms with Crippen molar-refractivity contribution in [2.75, 3.05) is 31.1 Å². The van der Waals surface area contributed by atoms with Crippen molar-refractivity contribution in [3.05, 3.63) is 0 Å². The van der Waals surface area contributed by atoms with Crippen LogP contribution in [-0.2, 0) is 14.6 Å². The van der Waals surface area contributed by atoms with Crippen LogP contribution in [0.15, 0.2) is 0 Å². The standard InChI is InChI=1S/C10H18N2O6S/c1-10(16,6-8(13)14)7-11-9(15)12-2-4-19(17,18)5-3-12/h16H,2-7H2,1H3,(H,11,15)(H,13,14). The number of nitrogens with zero attached hydrogens (tertiary/aromatic N) is 1. The van der Waals surface area contributed by atoms with Crippen molar-refractivity contribution in [3.8, 4) is 0 Å². The van der Waals surface area contributed by atoms with Crippen LogP contribution in [0.3, 0.4) is 0 Å². The normalized spacial score (nSPS) is 21.5. The van der Waals surface area contributed by atoms with Gasteiger partial charge in [0.05, 0.1) is 23.5 Å². The molecule has 1 aliphatic heterocycles. The average molecular weight is 294 g/mol. The third-order valence-corrected chi connectivity index (χ3v) is 4.39. The van der Waals surface area contributed by atoms with E-state index in [1.54, 1.807) is 0 Å². The molecule has 0 aliphatic carbocycles. The first-order valence-electron chi connectivity index (χ1n) is 5.79. The van der Waals surface area contributed by atoms with Crippen LogP contribution >= 0.6 is 0 Å². The zero-order valence-electron chi connectivity index (χ0n) is 10.6. The Morgan fingerprint density at radius 1 is 1.32 bits per heavy atom. The highest BCUT2D eigenvalue weighted by atomic mass is 32.2. The quantitative estimate of drug-likeness (QED) is 0.589. The smallest absolute Gasteiger partial charge is 0.317 e. The van der Waals surface area contributed by atoms with Crippen LogP contribution in [0, 0.1) is 0 Å². The van der Waals surface area contributed by atoms with E-state index in [0.717, 1.165) is 0 Å². The molecule has 0 radical (unpaired) electrons. The Kier molecular flexibility index (Phi) is 4.75. The van der Waals surface area contributed by atoms with Crippen molar-refractivity contribution in [1.82, 2.24) is 10.2 Å². The average Bonchev–Trinajstić information content (AvgIpc) is 2.24. The Balaban J connectivity index is 2.42. The SMILES string of the molecule is CC(O)(CNC(=O)N1CCS(=O)(=O)CC1)CC(=O)O. The van der Waals surface area contributed by atoms with Gasteiger partial charge in [-0.2, -0.15) is 0 Å². The number of nitrogens with one attached hydrogen (secondary N) is 1. The Labute approximate surface area is 111 Å². The minimum absolute atomic E-state index is 0.0774. The van der Waals surface area contributed by atoms with Gasteiger partial charge in [0.2, 0.25) is 0 Å². The molecular weight excluding hydrogens is 276 g/mol. The van der Waals surface area contributed by atoms with E-state index in [1.807, 2.05) is 0 Å². The van der Waals surface area contributed by atoms with Gasteiger partial charge in [-0.25, -0.2) is 13.2 Å². The zero-order valence-corrected chi connectivity index (χ0v) is 11.4. The largest absolute Gasteiger partial charge is 0.481 e. The van der Waals surface area contributed by atoms with Crippen LogP contribution in [-0.4, -0.2) is 72.3 Å². The van der Waals surface area contributed by atoms with E-state index in [2.05, 4.69) is 5.32 Å². The number of carboxylic acids is 1. The van der Waals surface area contributed by atoms with E-state index < -0.39 is 33.9 Å². The predicted octanol–water partition coefficient (Wildman–Crippen LogP) is -1.35. The van der Waals surface area contributed by atoms with Crippen molar-refractivity contribution in [2.45, 2.75) is 18.9 Å². The van der Waals surface area contributed by atoms with Gasteiger partial charge in [0.1, 0.15) is 0 Å². The first-order chi connectivity index (χ1) is 8.61. The van der Waals surface area contributed by atoms with Crippen LogP contribution in [0.5, 0.6) is 0 Å². The highest BCUT2D eigenvalue weighted by Gasteiger charge is 2.28. The summed E-state index contributed by atoms with van der Waals surface area (Å²) in [4.78, 5) is 23.5. The van der Waals surface area contributed by atoms with E-state index in [4.69, 9.17) is 5.11 Å². The second kappa shape index (κ2) is 5.74. The summed E-state index contributed by atoms with van der Waals surface area (Å²) in [6.07, 6.45) is -0.484. The highest BCUT2D eigenvalue weighted by Crippen LogP contribution is 2.08. The van der Waals surface area contributed by atoms with E-state index in [1.165, 1.54) is 11.8 Å². The summed E-state index contributed by atoms with van der Waals surface area (Å²) in [6, 6.07) is -0.499. The molecule has 110 valence electrons. The molecule has 3 N–H and O–H groups in total. The maximum atomic E-state index is 11.7. The first-order valence-corrected chi connectivity index (χ1v) is 7.61. The Hall–Kier alpha value is -1.35. The Bertz CT molecular complexity index is 445. The Morgan fingerprint density at radius 2 is 1.84 bits per heavy atom. The lowest BCUT2D eigenvalue weighted by atomic mass is 10.0.